The number of hydrogen-bond acceptors (Lipinski definition) is 0. The smallest absolute Gasteiger partial charge is 0.437 e. The topological polar surface area (TPSA) is 8.81 Å². The first kappa shape index (κ1) is 15.5. The Morgan fingerprint density at radius 1 is 1.11 bits per heavy atom. The van der Waals surface area contributed by atoms with Gasteiger partial charge in [-0.25, -0.2) is 4.39 Å². The molecule has 2 rings (SSSR count). The number of aromatic nitrogens is 2. The maximum Gasteiger partial charge on any atom is 0.437 e. The first-order valence-corrected chi connectivity index (χ1v) is 5.20. The molecule has 0 amide bonds. The van der Waals surface area contributed by atoms with Gasteiger partial charge in [-0.15, -0.1) is 4.68 Å². The minimum Gasteiger partial charge on any atom is -1.00 e. The van der Waals surface area contributed by atoms with E-state index in [1.807, 2.05) is 0 Å². The highest BCUT2D eigenvalue weighted by molar-refractivity contribution is 5.56. The van der Waals surface area contributed by atoms with Gasteiger partial charge in [-0.3, -0.25) is 0 Å². The molecule has 0 fully saturated rings. The normalized spacial score (nSPS) is 11.3. The molecule has 2 nitrogen and oxygen atoms in total. The van der Waals surface area contributed by atoms with E-state index < -0.39 is 17.7 Å². The largest absolute Gasteiger partial charge is 1.00 e. The van der Waals surface area contributed by atoms with Crippen LogP contribution in [-0.2, 0) is 20.3 Å². The van der Waals surface area contributed by atoms with Crippen molar-refractivity contribution >= 4 is 0 Å². The fourth-order valence-electron chi connectivity index (χ4n) is 1.80. The molecule has 0 atom stereocenters. The van der Waals surface area contributed by atoms with E-state index in [2.05, 4.69) is 0 Å². The van der Waals surface area contributed by atoms with E-state index in [0.29, 0.717) is 11.3 Å². The fraction of sp³-hybridized carbons (Fsp3) is 0.250. The second kappa shape index (κ2) is 5.21. The Hall–Kier alpha value is -1.56. The standard InChI is InChI=1S/C12H11F4N2.ClH/c1-17-10(8-3-5-9(13)6-4-8)7-11(18(17)2)12(14,15)16;/h3-7H,1-2H3;1H/q+1;/p-1. The van der Waals surface area contributed by atoms with E-state index >= 15 is 0 Å². The minimum absolute atomic E-state index is 0. The van der Waals surface area contributed by atoms with Crippen molar-refractivity contribution in [2.75, 3.05) is 0 Å². The maximum absolute atomic E-state index is 12.8. The van der Waals surface area contributed by atoms with Crippen molar-refractivity contribution < 1.29 is 34.7 Å². The summed E-state index contributed by atoms with van der Waals surface area (Å²) in [5.41, 5.74) is 0.166. The molecule has 0 saturated carbocycles. The Balaban J connectivity index is 0.00000180. The van der Waals surface area contributed by atoms with Gasteiger partial charge < -0.3 is 12.4 Å². The summed E-state index contributed by atoms with van der Waals surface area (Å²) in [5.74, 6) is -0.423. The highest BCUT2D eigenvalue weighted by atomic mass is 35.5. The van der Waals surface area contributed by atoms with Gasteiger partial charge in [0, 0.05) is 11.6 Å². The Morgan fingerprint density at radius 2 is 1.63 bits per heavy atom. The third-order valence-electron chi connectivity index (χ3n) is 2.85. The van der Waals surface area contributed by atoms with E-state index in [1.54, 1.807) is 0 Å². The summed E-state index contributed by atoms with van der Waals surface area (Å²) in [4.78, 5) is 0. The first-order chi connectivity index (χ1) is 8.30. The average Bonchev–Trinajstić information content (AvgIpc) is 2.57. The first-order valence-electron chi connectivity index (χ1n) is 5.20. The lowest BCUT2D eigenvalue weighted by atomic mass is 10.1. The highest BCUT2D eigenvalue weighted by Crippen LogP contribution is 2.30. The number of benzene rings is 1. The molecule has 0 aliphatic heterocycles. The van der Waals surface area contributed by atoms with E-state index in [-0.39, 0.29) is 12.4 Å². The number of alkyl halides is 3. The molecule has 1 heterocycles. The fourth-order valence-corrected chi connectivity index (χ4v) is 1.80. The highest BCUT2D eigenvalue weighted by Gasteiger charge is 2.39. The average molecular weight is 295 g/mol. The third kappa shape index (κ3) is 2.89. The molecule has 0 saturated heterocycles. The molecule has 0 aliphatic carbocycles. The summed E-state index contributed by atoms with van der Waals surface area (Å²) in [6.07, 6.45) is -4.41. The Morgan fingerprint density at radius 3 is 2.05 bits per heavy atom. The molecular formula is C12H11ClF4N2. The van der Waals surface area contributed by atoms with Crippen LogP contribution >= 0.6 is 0 Å². The van der Waals surface area contributed by atoms with Crippen LogP contribution in [0.1, 0.15) is 5.69 Å². The van der Waals surface area contributed by atoms with Crippen LogP contribution in [0.5, 0.6) is 0 Å². The zero-order chi connectivity index (χ0) is 13.5. The van der Waals surface area contributed by atoms with Crippen molar-refractivity contribution in [3.8, 4) is 11.3 Å². The summed E-state index contributed by atoms with van der Waals surface area (Å²) in [6, 6.07) is 6.38. The molecule has 0 aliphatic rings. The molecule has 7 heteroatoms. The molecule has 1 aromatic carbocycles. The van der Waals surface area contributed by atoms with Crippen LogP contribution < -0.4 is 17.1 Å². The molecule has 0 unspecified atom stereocenters. The lowest BCUT2D eigenvalue weighted by Gasteiger charge is -2.03. The SMILES string of the molecule is Cn1c(C(F)(F)F)cc(-c2ccc(F)cc2)[n+]1C.[Cl-]. The van der Waals surface area contributed by atoms with Gasteiger partial charge in [-0.05, 0) is 24.3 Å². The van der Waals surface area contributed by atoms with Crippen molar-refractivity contribution in [1.82, 2.24) is 4.68 Å². The zero-order valence-electron chi connectivity index (χ0n) is 10.2. The number of hydrogen-bond donors (Lipinski definition) is 0. The molecule has 0 radical (unpaired) electrons. The van der Waals surface area contributed by atoms with Crippen LogP contribution in [0.2, 0.25) is 0 Å². The van der Waals surface area contributed by atoms with Gasteiger partial charge >= 0.3 is 6.18 Å². The van der Waals surface area contributed by atoms with Crippen molar-refractivity contribution in [3.05, 3.63) is 41.8 Å². The van der Waals surface area contributed by atoms with E-state index in [0.717, 1.165) is 10.7 Å². The Labute approximate surface area is 113 Å². The predicted molar refractivity (Wildman–Crippen MR) is 57.0 cm³/mol. The van der Waals surface area contributed by atoms with Gasteiger partial charge in [0.2, 0.25) is 5.69 Å². The van der Waals surface area contributed by atoms with Crippen molar-refractivity contribution in [3.63, 3.8) is 0 Å². The van der Waals surface area contributed by atoms with Crippen molar-refractivity contribution in [1.29, 1.82) is 0 Å². The van der Waals surface area contributed by atoms with Gasteiger partial charge in [-0.1, -0.05) is 0 Å². The Kier molecular flexibility index (Phi) is 4.25. The summed E-state index contributed by atoms with van der Waals surface area (Å²) < 4.78 is 53.4. The van der Waals surface area contributed by atoms with Crippen molar-refractivity contribution in [2.45, 2.75) is 6.18 Å². The number of rotatable bonds is 1. The molecule has 1 aromatic heterocycles. The molecule has 104 valence electrons. The molecule has 0 spiro atoms. The van der Waals surface area contributed by atoms with Gasteiger partial charge in [0.1, 0.15) is 5.82 Å². The second-order valence-corrected chi connectivity index (χ2v) is 3.97. The van der Waals surface area contributed by atoms with E-state index in [4.69, 9.17) is 0 Å². The van der Waals surface area contributed by atoms with Gasteiger partial charge in [0.15, 0.2) is 12.7 Å². The van der Waals surface area contributed by atoms with Crippen LogP contribution in [0.15, 0.2) is 30.3 Å². The number of nitrogens with zero attached hydrogens (tertiary/aromatic N) is 2. The minimum atomic E-state index is -4.41. The molecular weight excluding hydrogens is 284 g/mol. The van der Waals surface area contributed by atoms with Gasteiger partial charge in [0.05, 0.1) is 7.05 Å². The van der Waals surface area contributed by atoms with E-state index in [1.165, 1.54) is 43.0 Å². The van der Waals surface area contributed by atoms with Crippen LogP contribution in [0.25, 0.3) is 11.3 Å². The van der Waals surface area contributed by atoms with Crippen LogP contribution in [0.3, 0.4) is 0 Å². The monoisotopic (exact) mass is 294 g/mol. The lowest BCUT2D eigenvalue weighted by Crippen LogP contribution is -3.00. The summed E-state index contributed by atoms with van der Waals surface area (Å²) in [5, 5.41) is 0. The maximum atomic E-state index is 12.8. The second-order valence-electron chi connectivity index (χ2n) is 3.97. The predicted octanol–water partition coefficient (Wildman–Crippen LogP) is -0.321. The third-order valence-corrected chi connectivity index (χ3v) is 2.85. The van der Waals surface area contributed by atoms with E-state index in [9.17, 15) is 17.6 Å². The van der Waals surface area contributed by atoms with Crippen molar-refractivity contribution in [2.24, 2.45) is 14.1 Å². The van der Waals surface area contributed by atoms with Crippen LogP contribution in [0, 0.1) is 5.82 Å². The van der Waals surface area contributed by atoms with Gasteiger partial charge in [0.25, 0.3) is 0 Å². The molecule has 0 N–H and O–H groups in total. The molecule has 0 bridgehead atoms. The summed E-state index contributed by atoms with van der Waals surface area (Å²) >= 11 is 0. The summed E-state index contributed by atoms with van der Waals surface area (Å²) in [7, 11) is 2.85. The molecule has 19 heavy (non-hydrogen) atoms. The van der Waals surface area contributed by atoms with Crippen LogP contribution in [-0.4, -0.2) is 4.68 Å². The molecule has 2 aromatic rings. The zero-order valence-corrected chi connectivity index (χ0v) is 10.9. The summed E-state index contributed by atoms with van der Waals surface area (Å²) in [6.45, 7) is 0. The van der Waals surface area contributed by atoms with Crippen LogP contribution in [0.4, 0.5) is 17.6 Å². The number of halogens is 5. The quantitative estimate of drug-likeness (QED) is 0.503. The van der Waals surface area contributed by atoms with Gasteiger partial charge in [-0.2, -0.15) is 17.9 Å². The Bertz CT molecular complexity index is 573. The lowest BCUT2D eigenvalue weighted by molar-refractivity contribution is -0.742.